The van der Waals surface area contributed by atoms with Crippen LogP contribution in [0.5, 0.6) is 0 Å². The Balaban J connectivity index is 2.00. The fourth-order valence-electron chi connectivity index (χ4n) is 3.07. The summed E-state index contributed by atoms with van der Waals surface area (Å²) in [5.74, 6) is 0.770. The molecule has 0 radical (unpaired) electrons. The molecule has 0 aliphatic carbocycles. The molecular formula is C16H25BrClN3. The Labute approximate surface area is 141 Å². The summed E-state index contributed by atoms with van der Waals surface area (Å²) >= 11 is 9.66. The smallest absolute Gasteiger partial charge is 0.0551 e. The monoisotopic (exact) mass is 373 g/mol. The number of piperidine rings is 1. The fourth-order valence-corrected chi connectivity index (χ4v) is 3.50. The van der Waals surface area contributed by atoms with Crippen LogP contribution in [0.25, 0.3) is 0 Å². The second kappa shape index (κ2) is 7.93. The second-order valence-electron chi connectivity index (χ2n) is 6.11. The summed E-state index contributed by atoms with van der Waals surface area (Å²) in [5.41, 5.74) is 7.21. The molecule has 2 N–H and O–H groups in total. The van der Waals surface area contributed by atoms with Crippen molar-refractivity contribution in [1.29, 1.82) is 0 Å². The third-order valence-corrected chi connectivity index (χ3v) is 5.70. The first-order valence-electron chi connectivity index (χ1n) is 7.55. The molecule has 1 saturated heterocycles. The normalized spacial score (nSPS) is 19.1. The van der Waals surface area contributed by atoms with Crippen molar-refractivity contribution in [2.24, 2.45) is 11.7 Å². The fraction of sp³-hybridized carbons (Fsp3) is 0.625. The number of nitrogens with zero attached hydrogens (tertiary/aromatic N) is 2. The lowest BCUT2D eigenvalue weighted by Gasteiger charge is -2.35. The molecule has 1 unspecified atom stereocenters. The zero-order valence-electron chi connectivity index (χ0n) is 12.9. The molecule has 0 aromatic heterocycles. The molecule has 118 valence electrons. The Morgan fingerprint density at radius 2 is 2.10 bits per heavy atom. The molecule has 0 spiro atoms. The Bertz CT molecular complexity index is 461. The second-order valence-corrected chi connectivity index (χ2v) is 7.37. The van der Waals surface area contributed by atoms with Crippen LogP contribution in [-0.4, -0.2) is 50.1 Å². The first-order valence-corrected chi connectivity index (χ1v) is 8.72. The number of benzene rings is 1. The molecule has 1 aromatic rings. The highest BCUT2D eigenvalue weighted by Gasteiger charge is 2.22. The Morgan fingerprint density at radius 1 is 1.43 bits per heavy atom. The lowest BCUT2D eigenvalue weighted by Crippen LogP contribution is -2.38. The van der Waals surface area contributed by atoms with E-state index in [-0.39, 0.29) is 6.04 Å². The van der Waals surface area contributed by atoms with E-state index >= 15 is 0 Å². The van der Waals surface area contributed by atoms with Gasteiger partial charge in [-0.15, -0.1) is 0 Å². The molecule has 1 aliphatic rings. The molecule has 1 aromatic carbocycles. The average molecular weight is 375 g/mol. The molecule has 1 heterocycles. The van der Waals surface area contributed by atoms with Gasteiger partial charge in [0.2, 0.25) is 0 Å². The van der Waals surface area contributed by atoms with E-state index in [9.17, 15) is 0 Å². The summed E-state index contributed by atoms with van der Waals surface area (Å²) in [6.07, 6.45) is 2.55. The quantitative estimate of drug-likeness (QED) is 0.857. The maximum absolute atomic E-state index is 6.22. The summed E-state index contributed by atoms with van der Waals surface area (Å²) < 4.78 is 0.932. The zero-order valence-corrected chi connectivity index (χ0v) is 15.2. The van der Waals surface area contributed by atoms with Crippen LogP contribution in [0.3, 0.4) is 0 Å². The summed E-state index contributed by atoms with van der Waals surface area (Å²) in [7, 11) is 4.37. The maximum atomic E-state index is 6.22. The third-order valence-electron chi connectivity index (χ3n) is 4.47. The van der Waals surface area contributed by atoms with E-state index in [4.69, 9.17) is 17.3 Å². The van der Waals surface area contributed by atoms with E-state index in [1.807, 2.05) is 12.1 Å². The number of halogens is 2. The SMILES string of the molecule is CN1CCC(CN(C)C(CN)c2ccc(Br)c(Cl)c2)CC1. The van der Waals surface area contributed by atoms with Crippen molar-refractivity contribution in [3.8, 4) is 0 Å². The van der Waals surface area contributed by atoms with Crippen LogP contribution < -0.4 is 5.73 Å². The van der Waals surface area contributed by atoms with Crippen molar-refractivity contribution in [1.82, 2.24) is 9.80 Å². The predicted molar refractivity (Wildman–Crippen MR) is 93.8 cm³/mol. The lowest BCUT2D eigenvalue weighted by atomic mass is 9.95. The molecule has 1 aliphatic heterocycles. The molecule has 0 saturated carbocycles. The Kier molecular flexibility index (Phi) is 6.51. The minimum Gasteiger partial charge on any atom is -0.329 e. The number of hydrogen-bond donors (Lipinski definition) is 1. The molecule has 0 bridgehead atoms. The van der Waals surface area contributed by atoms with Gasteiger partial charge in [-0.05, 0) is 79.6 Å². The van der Waals surface area contributed by atoms with Gasteiger partial charge in [-0.1, -0.05) is 17.7 Å². The molecule has 1 atom stereocenters. The topological polar surface area (TPSA) is 32.5 Å². The van der Waals surface area contributed by atoms with Crippen molar-refractivity contribution in [2.45, 2.75) is 18.9 Å². The molecule has 2 rings (SSSR count). The van der Waals surface area contributed by atoms with Gasteiger partial charge in [0, 0.05) is 23.6 Å². The van der Waals surface area contributed by atoms with Crippen LogP contribution >= 0.6 is 27.5 Å². The lowest BCUT2D eigenvalue weighted by molar-refractivity contribution is 0.151. The van der Waals surface area contributed by atoms with Crippen molar-refractivity contribution >= 4 is 27.5 Å². The third kappa shape index (κ3) is 4.67. The average Bonchev–Trinajstić information content (AvgIpc) is 2.46. The number of hydrogen-bond acceptors (Lipinski definition) is 3. The number of nitrogens with two attached hydrogens (primary N) is 1. The standard InChI is InChI=1S/C16H25BrClN3/c1-20-7-5-12(6-8-20)11-21(2)16(10-19)13-3-4-14(17)15(18)9-13/h3-4,9,12,16H,5-8,10-11,19H2,1-2H3. The summed E-state index contributed by atoms with van der Waals surface area (Å²) in [5, 5.41) is 0.749. The van der Waals surface area contributed by atoms with Crippen LogP contribution in [0.15, 0.2) is 22.7 Å². The molecule has 1 fully saturated rings. The van der Waals surface area contributed by atoms with Crippen molar-refractivity contribution in [3.05, 3.63) is 33.3 Å². The first-order chi connectivity index (χ1) is 10.0. The highest BCUT2D eigenvalue weighted by atomic mass is 79.9. The van der Waals surface area contributed by atoms with Crippen LogP contribution in [0, 0.1) is 5.92 Å². The van der Waals surface area contributed by atoms with Gasteiger partial charge in [-0.2, -0.15) is 0 Å². The van der Waals surface area contributed by atoms with Gasteiger partial charge in [-0.3, -0.25) is 4.90 Å². The Morgan fingerprint density at radius 3 is 2.67 bits per heavy atom. The van der Waals surface area contributed by atoms with Gasteiger partial charge in [0.05, 0.1) is 5.02 Å². The van der Waals surface area contributed by atoms with Gasteiger partial charge >= 0.3 is 0 Å². The van der Waals surface area contributed by atoms with Crippen molar-refractivity contribution in [3.63, 3.8) is 0 Å². The molecule has 5 heteroatoms. The summed E-state index contributed by atoms with van der Waals surface area (Å²) in [6.45, 7) is 4.12. The van der Waals surface area contributed by atoms with E-state index in [2.05, 4.69) is 45.9 Å². The van der Waals surface area contributed by atoms with Gasteiger partial charge in [-0.25, -0.2) is 0 Å². The minimum atomic E-state index is 0.232. The van der Waals surface area contributed by atoms with Gasteiger partial charge < -0.3 is 10.6 Å². The van der Waals surface area contributed by atoms with Crippen molar-refractivity contribution in [2.75, 3.05) is 40.3 Å². The largest absolute Gasteiger partial charge is 0.329 e. The number of likely N-dealkylation sites (tertiary alicyclic amines) is 1. The Hall–Kier alpha value is -0.130. The molecular weight excluding hydrogens is 350 g/mol. The predicted octanol–water partition coefficient (Wildman–Crippen LogP) is 3.38. The van der Waals surface area contributed by atoms with Gasteiger partial charge in [0.1, 0.15) is 0 Å². The van der Waals surface area contributed by atoms with Crippen LogP contribution in [-0.2, 0) is 0 Å². The minimum absolute atomic E-state index is 0.232. The maximum Gasteiger partial charge on any atom is 0.0551 e. The van der Waals surface area contributed by atoms with Gasteiger partial charge in [0.15, 0.2) is 0 Å². The highest BCUT2D eigenvalue weighted by Crippen LogP contribution is 2.29. The van der Waals surface area contributed by atoms with Gasteiger partial charge in [0.25, 0.3) is 0 Å². The van der Waals surface area contributed by atoms with E-state index < -0.39 is 0 Å². The van der Waals surface area contributed by atoms with E-state index in [0.29, 0.717) is 6.54 Å². The van der Waals surface area contributed by atoms with Crippen LogP contribution in [0.2, 0.25) is 5.02 Å². The molecule has 21 heavy (non-hydrogen) atoms. The van der Waals surface area contributed by atoms with Crippen LogP contribution in [0.4, 0.5) is 0 Å². The van der Waals surface area contributed by atoms with Crippen LogP contribution in [0.1, 0.15) is 24.4 Å². The zero-order chi connectivity index (χ0) is 15.4. The molecule has 3 nitrogen and oxygen atoms in total. The van der Waals surface area contributed by atoms with E-state index in [1.165, 1.54) is 31.5 Å². The molecule has 0 amide bonds. The number of likely N-dealkylation sites (N-methyl/N-ethyl adjacent to an activating group) is 1. The first kappa shape index (κ1) is 17.2. The van der Waals surface area contributed by atoms with E-state index in [0.717, 1.165) is 22.0 Å². The highest BCUT2D eigenvalue weighted by molar-refractivity contribution is 9.10. The summed E-state index contributed by atoms with van der Waals surface area (Å²) in [4.78, 5) is 4.79. The summed E-state index contributed by atoms with van der Waals surface area (Å²) in [6, 6.07) is 6.37. The van der Waals surface area contributed by atoms with Crippen molar-refractivity contribution < 1.29 is 0 Å². The van der Waals surface area contributed by atoms with E-state index in [1.54, 1.807) is 0 Å². The number of rotatable bonds is 5.